The molecule has 0 spiro atoms. The zero-order chi connectivity index (χ0) is 14.7. The number of aliphatic hydroxyl groups is 1. The van der Waals surface area contributed by atoms with Crippen molar-refractivity contribution in [2.45, 2.75) is 20.5 Å². The van der Waals surface area contributed by atoms with Gasteiger partial charge in [0.15, 0.2) is 0 Å². The molecule has 0 radical (unpaired) electrons. The minimum Gasteiger partial charge on any atom is -0.457 e. The van der Waals surface area contributed by atoms with Gasteiger partial charge in [0, 0.05) is 6.07 Å². The number of ether oxygens (including phenoxy) is 1. The average Bonchev–Trinajstić information content (AvgIpc) is 2.41. The van der Waals surface area contributed by atoms with Crippen molar-refractivity contribution in [2.75, 3.05) is 0 Å². The Hall–Kier alpha value is -2.40. The summed E-state index contributed by atoms with van der Waals surface area (Å²) in [5, 5.41) is 20.0. The van der Waals surface area contributed by atoms with Gasteiger partial charge in [0.25, 0.3) is 5.69 Å². The lowest BCUT2D eigenvalue weighted by atomic mass is 10.1. The molecule has 20 heavy (non-hydrogen) atoms. The molecule has 0 fully saturated rings. The van der Waals surface area contributed by atoms with E-state index in [1.165, 1.54) is 6.07 Å². The minimum atomic E-state index is -0.428. The molecule has 0 aliphatic carbocycles. The van der Waals surface area contributed by atoms with Crippen LogP contribution in [0, 0.1) is 24.0 Å². The van der Waals surface area contributed by atoms with Gasteiger partial charge in [0.1, 0.15) is 11.5 Å². The van der Waals surface area contributed by atoms with Crippen molar-refractivity contribution in [3.63, 3.8) is 0 Å². The molecule has 0 aromatic heterocycles. The molecule has 0 saturated carbocycles. The SMILES string of the molecule is Cc1cc(Oc2cccc([N+](=O)[O-])c2C)ccc1CO. The fraction of sp³-hybridized carbons (Fsp3) is 0.200. The van der Waals surface area contributed by atoms with Crippen molar-refractivity contribution in [2.24, 2.45) is 0 Å². The van der Waals surface area contributed by atoms with Crippen molar-refractivity contribution in [3.05, 3.63) is 63.2 Å². The molecule has 0 unspecified atom stereocenters. The number of hydrogen-bond acceptors (Lipinski definition) is 4. The van der Waals surface area contributed by atoms with Gasteiger partial charge in [-0.15, -0.1) is 0 Å². The van der Waals surface area contributed by atoms with E-state index in [0.29, 0.717) is 17.1 Å². The smallest absolute Gasteiger partial charge is 0.276 e. The second-order valence-corrected chi connectivity index (χ2v) is 4.51. The van der Waals surface area contributed by atoms with Gasteiger partial charge >= 0.3 is 0 Å². The number of nitro groups is 1. The summed E-state index contributed by atoms with van der Waals surface area (Å²) in [6.45, 7) is 3.50. The average molecular weight is 273 g/mol. The number of aliphatic hydroxyl groups excluding tert-OH is 1. The monoisotopic (exact) mass is 273 g/mol. The van der Waals surface area contributed by atoms with Crippen LogP contribution in [0.4, 0.5) is 5.69 Å². The Labute approximate surface area is 116 Å². The molecular weight excluding hydrogens is 258 g/mol. The first kappa shape index (κ1) is 14.0. The van der Waals surface area contributed by atoms with Crippen LogP contribution in [0.1, 0.15) is 16.7 Å². The fourth-order valence-corrected chi connectivity index (χ4v) is 1.95. The Balaban J connectivity index is 2.33. The third-order valence-corrected chi connectivity index (χ3v) is 3.16. The van der Waals surface area contributed by atoms with E-state index in [0.717, 1.165) is 11.1 Å². The molecule has 5 nitrogen and oxygen atoms in total. The molecule has 0 amide bonds. The molecule has 0 heterocycles. The first-order valence-electron chi connectivity index (χ1n) is 6.15. The molecule has 0 saturated heterocycles. The summed E-state index contributed by atoms with van der Waals surface area (Å²) in [7, 11) is 0. The van der Waals surface area contributed by atoms with Crippen LogP contribution in [-0.2, 0) is 6.61 Å². The molecule has 0 aliphatic heterocycles. The highest BCUT2D eigenvalue weighted by molar-refractivity contribution is 5.50. The maximum absolute atomic E-state index is 10.9. The number of nitro benzene ring substituents is 1. The van der Waals surface area contributed by atoms with Crippen LogP contribution < -0.4 is 4.74 Å². The summed E-state index contributed by atoms with van der Waals surface area (Å²) in [5.74, 6) is 1.04. The molecule has 2 aromatic rings. The van der Waals surface area contributed by atoms with E-state index in [4.69, 9.17) is 9.84 Å². The second kappa shape index (κ2) is 5.71. The van der Waals surface area contributed by atoms with Crippen molar-refractivity contribution >= 4 is 5.69 Å². The van der Waals surface area contributed by atoms with Crippen LogP contribution in [0.15, 0.2) is 36.4 Å². The van der Waals surface area contributed by atoms with Crippen LogP contribution in [-0.4, -0.2) is 10.0 Å². The molecule has 1 N–H and O–H groups in total. The van der Waals surface area contributed by atoms with Gasteiger partial charge < -0.3 is 9.84 Å². The quantitative estimate of drug-likeness (QED) is 0.683. The van der Waals surface area contributed by atoms with E-state index < -0.39 is 4.92 Å². The zero-order valence-corrected chi connectivity index (χ0v) is 11.3. The maximum Gasteiger partial charge on any atom is 0.276 e. The van der Waals surface area contributed by atoms with E-state index in [-0.39, 0.29) is 12.3 Å². The fourth-order valence-electron chi connectivity index (χ4n) is 1.95. The Bertz CT molecular complexity index is 652. The van der Waals surface area contributed by atoms with Crippen LogP contribution in [0.3, 0.4) is 0 Å². The van der Waals surface area contributed by atoms with Crippen molar-refractivity contribution < 1.29 is 14.8 Å². The molecule has 0 bridgehead atoms. The summed E-state index contributed by atoms with van der Waals surface area (Å²) in [6.07, 6.45) is 0. The van der Waals surface area contributed by atoms with E-state index in [1.54, 1.807) is 37.3 Å². The van der Waals surface area contributed by atoms with E-state index in [9.17, 15) is 10.1 Å². The van der Waals surface area contributed by atoms with Crippen molar-refractivity contribution in [1.29, 1.82) is 0 Å². The number of aryl methyl sites for hydroxylation is 1. The van der Waals surface area contributed by atoms with Crippen LogP contribution in [0.25, 0.3) is 0 Å². The van der Waals surface area contributed by atoms with E-state index in [2.05, 4.69) is 0 Å². The maximum atomic E-state index is 10.9. The molecule has 5 heteroatoms. The van der Waals surface area contributed by atoms with Gasteiger partial charge in [-0.1, -0.05) is 12.1 Å². The molecule has 0 aliphatic rings. The largest absolute Gasteiger partial charge is 0.457 e. The van der Waals surface area contributed by atoms with Gasteiger partial charge in [-0.3, -0.25) is 10.1 Å². The topological polar surface area (TPSA) is 72.6 Å². The van der Waals surface area contributed by atoms with Gasteiger partial charge in [-0.05, 0) is 43.2 Å². The van der Waals surface area contributed by atoms with Gasteiger partial charge in [-0.2, -0.15) is 0 Å². The van der Waals surface area contributed by atoms with Gasteiger partial charge in [-0.25, -0.2) is 0 Å². The second-order valence-electron chi connectivity index (χ2n) is 4.51. The van der Waals surface area contributed by atoms with Gasteiger partial charge in [0.05, 0.1) is 17.1 Å². The Morgan fingerprint density at radius 2 is 2.00 bits per heavy atom. The Morgan fingerprint density at radius 3 is 2.60 bits per heavy atom. The lowest BCUT2D eigenvalue weighted by molar-refractivity contribution is -0.385. The summed E-state index contributed by atoms with van der Waals surface area (Å²) in [6, 6.07) is 10.0. The predicted molar refractivity (Wildman–Crippen MR) is 75.0 cm³/mol. The van der Waals surface area contributed by atoms with Crippen LogP contribution >= 0.6 is 0 Å². The highest BCUT2D eigenvalue weighted by Crippen LogP contribution is 2.31. The number of benzene rings is 2. The summed E-state index contributed by atoms with van der Waals surface area (Å²) in [4.78, 5) is 10.5. The Kier molecular flexibility index (Phi) is 4.00. The lowest BCUT2D eigenvalue weighted by Crippen LogP contribution is -1.95. The number of hydrogen-bond donors (Lipinski definition) is 1. The third-order valence-electron chi connectivity index (χ3n) is 3.16. The van der Waals surface area contributed by atoms with Crippen LogP contribution in [0.5, 0.6) is 11.5 Å². The lowest BCUT2D eigenvalue weighted by Gasteiger charge is -2.10. The number of rotatable bonds is 4. The highest BCUT2D eigenvalue weighted by atomic mass is 16.6. The van der Waals surface area contributed by atoms with E-state index >= 15 is 0 Å². The zero-order valence-electron chi connectivity index (χ0n) is 11.3. The summed E-state index contributed by atoms with van der Waals surface area (Å²) >= 11 is 0. The van der Waals surface area contributed by atoms with Crippen LogP contribution in [0.2, 0.25) is 0 Å². The normalized spacial score (nSPS) is 10.3. The minimum absolute atomic E-state index is 0.0258. The first-order chi connectivity index (χ1) is 9.52. The van der Waals surface area contributed by atoms with Crippen molar-refractivity contribution in [3.8, 4) is 11.5 Å². The number of nitrogens with zero attached hydrogens (tertiary/aromatic N) is 1. The van der Waals surface area contributed by atoms with Gasteiger partial charge in [0.2, 0.25) is 0 Å². The third kappa shape index (κ3) is 2.78. The molecule has 2 rings (SSSR count). The first-order valence-corrected chi connectivity index (χ1v) is 6.15. The highest BCUT2D eigenvalue weighted by Gasteiger charge is 2.14. The molecule has 104 valence electrons. The Morgan fingerprint density at radius 1 is 1.25 bits per heavy atom. The molecule has 2 aromatic carbocycles. The summed E-state index contributed by atoms with van der Waals surface area (Å²) in [5.41, 5.74) is 2.26. The standard InChI is InChI=1S/C15H15NO4/c1-10-8-13(7-6-12(10)9-17)20-15-5-3-4-14(11(15)2)16(18)19/h3-8,17H,9H2,1-2H3. The van der Waals surface area contributed by atoms with E-state index in [1.807, 2.05) is 6.92 Å². The predicted octanol–water partition coefficient (Wildman–Crippen LogP) is 3.50. The summed E-state index contributed by atoms with van der Waals surface area (Å²) < 4.78 is 5.69. The molecular formula is C15H15NO4. The van der Waals surface area contributed by atoms with Crippen molar-refractivity contribution in [1.82, 2.24) is 0 Å². The molecule has 0 atom stereocenters.